The normalized spacial score (nSPS) is 16.6. The molecule has 1 fully saturated rings. The summed E-state index contributed by atoms with van der Waals surface area (Å²) in [5.41, 5.74) is 3.38. The van der Waals surface area contributed by atoms with Crippen LogP contribution in [0.3, 0.4) is 0 Å². The first-order chi connectivity index (χ1) is 18.0. The number of carbonyl (C=O) groups is 2. The van der Waals surface area contributed by atoms with E-state index in [0.29, 0.717) is 22.9 Å². The molecule has 0 radical (unpaired) electrons. The van der Waals surface area contributed by atoms with E-state index in [1.807, 2.05) is 98.8 Å². The Labute approximate surface area is 216 Å². The minimum absolute atomic E-state index is 0.192. The third-order valence-corrected chi connectivity index (χ3v) is 6.22. The lowest BCUT2D eigenvalue weighted by Gasteiger charge is -2.51. The van der Waals surface area contributed by atoms with Crippen molar-refractivity contribution in [3.05, 3.63) is 120 Å². The second-order valence-corrected chi connectivity index (χ2v) is 9.02. The van der Waals surface area contributed by atoms with E-state index in [4.69, 9.17) is 9.47 Å². The Balaban J connectivity index is 1.54. The molecule has 5 rings (SSSR count). The smallest absolute Gasteiger partial charge is 0.274 e. The van der Waals surface area contributed by atoms with Crippen molar-refractivity contribution in [2.75, 3.05) is 16.4 Å². The lowest BCUT2D eigenvalue weighted by atomic mass is 9.99. The van der Waals surface area contributed by atoms with Gasteiger partial charge >= 0.3 is 0 Å². The van der Waals surface area contributed by atoms with Crippen LogP contribution in [-0.4, -0.2) is 30.7 Å². The average Bonchev–Trinajstić information content (AvgIpc) is 2.91. The van der Waals surface area contributed by atoms with Crippen molar-refractivity contribution in [1.29, 1.82) is 0 Å². The molecule has 1 aliphatic heterocycles. The number of rotatable bonds is 8. The minimum atomic E-state index is -0.885. The van der Waals surface area contributed by atoms with Crippen molar-refractivity contribution in [1.82, 2.24) is 0 Å². The fourth-order valence-corrected chi connectivity index (χ4v) is 4.47. The molecule has 0 unspecified atom stereocenters. The summed E-state index contributed by atoms with van der Waals surface area (Å²) in [6.07, 6.45) is -1.59. The molecule has 2 atom stereocenters. The fourth-order valence-electron chi connectivity index (χ4n) is 4.47. The molecule has 6 heteroatoms. The third kappa shape index (κ3) is 5.19. The van der Waals surface area contributed by atoms with Crippen molar-refractivity contribution in [3.8, 4) is 11.5 Å². The highest BCUT2D eigenvalue weighted by Gasteiger charge is 2.55. The van der Waals surface area contributed by atoms with E-state index in [0.717, 1.165) is 11.1 Å². The minimum Gasteiger partial charge on any atom is -0.484 e. The lowest BCUT2D eigenvalue weighted by molar-refractivity contribution is -0.136. The van der Waals surface area contributed by atoms with Gasteiger partial charge in [-0.25, -0.2) is 0 Å². The van der Waals surface area contributed by atoms with Gasteiger partial charge in [-0.2, -0.15) is 0 Å². The maximum Gasteiger partial charge on any atom is 0.274 e. The molecule has 37 heavy (non-hydrogen) atoms. The van der Waals surface area contributed by atoms with Crippen LogP contribution in [0.5, 0.6) is 11.5 Å². The van der Waals surface area contributed by atoms with Crippen LogP contribution in [0, 0.1) is 13.8 Å². The van der Waals surface area contributed by atoms with Gasteiger partial charge in [0.25, 0.3) is 11.8 Å². The second kappa shape index (κ2) is 10.6. The van der Waals surface area contributed by atoms with Crippen LogP contribution in [0.4, 0.5) is 11.4 Å². The number of β-lactam (4-membered cyclic amide) rings is 1. The van der Waals surface area contributed by atoms with E-state index in [1.165, 1.54) is 0 Å². The number of hydrogen-bond acceptors (Lipinski definition) is 4. The molecule has 6 nitrogen and oxygen atoms in total. The van der Waals surface area contributed by atoms with Gasteiger partial charge in [-0.3, -0.25) is 19.4 Å². The van der Waals surface area contributed by atoms with Crippen LogP contribution < -0.4 is 19.3 Å². The van der Waals surface area contributed by atoms with E-state index >= 15 is 0 Å². The number of para-hydroxylation sites is 2. The monoisotopic (exact) mass is 492 g/mol. The standard InChI is InChI=1S/C31H28N2O4/c1-22-11-9-13-24(19-22)32(28(34)21-36-26-15-5-3-6-16-26)30-29(37-27-17-7-4-8-18-27)31(35)33(30)25-14-10-12-23(2)20-25/h3-20,29-30H,21H2,1-2H3/t29-,30-/m0/s1. The van der Waals surface area contributed by atoms with Crippen molar-refractivity contribution in [3.63, 3.8) is 0 Å². The molecule has 0 aliphatic carbocycles. The highest BCUT2D eigenvalue weighted by atomic mass is 16.5. The SMILES string of the molecule is Cc1cccc(N(C(=O)COc2ccccc2)[C@@H]2[C@H](Oc3ccccc3)C(=O)N2c2cccc(C)c2)c1. The van der Waals surface area contributed by atoms with Gasteiger partial charge in [-0.1, -0.05) is 60.7 Å². The van der Waals surface area contributed by atoms with Crippen LogP contribution >= 0.6 is 0 Å². The molecule has 0 saturated carbocycles. The summed E-state index contributed by atoms with van der Waals surface area (Å²) in [6, 6.07) is 33.7. The maximum absolute atomic E-state index is 13.8. The summed E-state index contributed by atoms with van der Waals surface area (Å²) >= 11 is 0. The van der Waals surface area contributed by atoms with Gasteiger partial charge in [0.05, 0.1) is 0 Å². The van der Waals surface area contributed by atoms with E-state index < -0.39 is 12.3 Å². The van der Waals surface area contributed by atoms with Gasteiger partial charge in [0.2, 0.25) is 6.10 Å². The molecule has 4 aromatic carbocycles. The molecule has 4 aromatic rings. The number of nitrogens with zero attached hydrogens (tertiary/aromatic N) is 2. The molecule has 2 amide bonds. The second-order valence-electron chi connectivity index (χ2n) is 9.02. The summed E-state index contributed by atoms with van der Waals surface area (Å²) in [5.74, 6) is 0.657. The molecular weight excluding hydrogens is 464 g/mol. The average molecular weight is 493 g/mol. The first-order valence-corrected chi connectivity index (χ1v) is 12.2. The van der Waals surface area contributed by atoms with Gasteiger partial charge in [0.15, 0.2) is 12.8 Å². The van der Waals surface area contributed by atoms with Crippen LogP contribution in [0.2, 0.25) is 0 Å². The van der Waals surface area contributed by atoms with Crippen molar-refractivity contribution in [2.45, 2.75) is 26.1 Å². The van der Waals surface area contributed by atoms with Gasteiger partial charge in [0, 0.05) is 11.4 Å². The maximum atomic E-state index is 13.8. The molecule has 0 bridgehead atoms. The number of aryl methyl sites for hydroxylation is 2. The van der Waals surface area contributed by atoms with Crippen molar-refractivity contribution in [2.24, 2.45) is 0 Å². The zero-order valence-electron chi connectivity index (χ0n) is 20.8. The van der Waals surface area contributed by atoms with E-state index in [-0.39, 0.29) is 18.4 Å². The summed E-state index contributed by atoms with van der Waals surface area (Å²) in [4.78, 5) is 30.6. The van der Waals surface area contributed by atoms with Crippen LogP contribution in [0.25, 0.3) is 0 Å². The molecular formula is C31H28N2O4. The number of amides is 2. The predicted octanol–water partition coefficient (Wildman–Crippen LogP) is 5.54. The predicted molar refractivity (Wildman–Crippen MR) is 144 cm³/mol. The Morgan fingerprint density at radius 1 is 0.784 bits per heavy atom. The zero-order valence-corrected chi connectivity index (χ0v) is 20.8. The number of anilines is 2. The molecule has 1 heterocycles. The molecule has 0 aromatic heterocycles. The Bertz CT molecular complexity index is 1390. The molecule has 1 saturated heterocycles. The van der Waals surface area contributed by atoms with E-state index in [2.05, 4.69) is 0 Å². The Morgan fingerprint density at radius 2 is 1.41 bits per heavy atom. The van der Waals surface area contributed by atoms with Gasteiger partial charge in [-0.15, -0.1) is 0 Å². The topological polar surface area (TPSA) is 59.1 Å². The molecule has 1 aliphatic rings. The fraction of sp³-hybridized carbons (Fsp3) is 0.161. The van der Waals surface area contributed by atoms with E-state index in [1.54, 1.807) is 34.1 Å². The summed E-state index contributed by atoms with van der Waals surface area (Å²) in [6.45, 7) is 3.75. The number of ether oxygens (including phenoxy) is 2. The van der Waals surface area contributed by atoms with Crippen molar-refractivity contribution >= 4 is 23.2 Å². The van der Waals surface area contributed by atoms with Gasteiger partial charge in [0.1, 0.15) is 11.5 Å². The van der Waals surface area contributed by atoms with Gasteiger partial charge in [-0.05, 0) is 73.5 Å². The lowest BCUT2D eigenvalue weighted by Crippen LogP contribution is -2.75. The highest BCUT2D eigenvalue weighted by Crippen LogP contribution is 2.36. The summed E-state index contributed by atoms with van der Waals surface area (Å²) in [7, 11) is 0. The molecule has 0 N–H and O–H groups in total. The highest BCUT2D eigenvalue weighted by molar-refractivity contribution is 6.09. The zero-order chi connectivity index (χ0) is 25.8. The summed E-state index contributed by atoms with van der Waals surface area (Å²) < 4.78 is 12.0. The molecule has 0 spiro atoms. The Hall–Kier alpha value is -4.58. The third-order valence-electron chi connectivity index (χ3n) is 6.22. The van der Waals surface area contributed by atoms with Crippen LogP contribution in [0.1, 0.15) is 11.1 Å². The van der Waals surface area contributed by atoms with Crippen LogP contribution in [0.15, 0.2) is 109 Å². The Kier molecular flexibility index (Phi) is 6.90. The largest absolute Gasteiger partial charge is 0.484 e. The number of carbonyl (C=O) groups excluding carboxylic acids is 2. The number of benzene rings is 4. The number of hydrogen-bond donors (Lipinski definition) is 0. The van der Waals surface area contributed by atoms with E-state index in [9.17, 15) is 9.59 Å². The molecule has 186 valence electrons. The van der Waals surface area contributed by atoms with Gasteiger partial charge < -0.3 is 9.47 Å². The Morgan fingerprint density at radius 3 is 2.05 bits per heavy atom. The first-order valence-electron chi connectivity index (χ1n) is 12.2. The summed E-state index contributed by atoms with van der Waals surface area (Å²) in [5, 5.41) is 0. The van der Waals surface area contributed by atoms with Crippen LogP contribution in [-0.2, 0) is 9.59 Å². The quantitative estimate of drug-likeness (QED) is 0.303. The first kappa shape index (κ1) is 24.1. The van der Waals surface area contributed by atoms with Crippen molar-refractivity contribution < 1.29 is 19.1 Å².